The van der Waals surface area contributed by atoms with Crippen molar-refractivity contribution in [2.45, 2.75) is 38.6 Å². The first kappa shape index (κ1) is 17.7. The number of ether oxygens (including phenoxy) is 1. The number of hydrogen-bond donors (Lipinski definition) is 1. The van der Waals surface area contributed by atoms with Crippen LogP contribution in [-0.2, 0) is 9.53 Å². The van der Waals surface area contributed by atoms with E-state index in [1.54, 1.807) is 18.4 Å². The topological polar surface area (TPSA) is 38.3 Å². The summed E-state index contributed by atoms with van der Waals surface area (Å²) in [5.41, 5.74) is 2.46. The number of hydrogen-bond acceptors (Lipinski definition) is 3. The van der Waals surface area contributed by atoms with Gasteiger partial charge < -0.3 is 10.1 Å². The Balaban J connectivity index is 2.18. The van der Waals surface area contributed by atoms with E-state index >= 15 is 0 Å². The zero-order chi connectivity index (χ0) is 16.7. The number of carbonyl (C=O) groups excluding carboxylic acids is 1. The Morgan fingerprint density at radius 1 is 1.22 bits per heavy atom. The number of rotatable bonds is 8. The van der Waals surface area contributed by atoms with Crippen molar-refractivity contribution in [2.24, 2.45) is 0 Å². The Kier molecular flexibility index (Phi) is 6.81. The predicted molar refractivity (Wildman–Crippen MR) is 95.9 cm³/mol. The van der Waals surface area contributed by atoms with E-state index in [0.717, 1.165) is 16.9 Å². The molecule has 3 nitrogen and oxygen atoms in total. The molecule has 4 heteroatoms. The fourth-order valence-corrected chi connectivity index (χ4v) is 3.26. The van der Waals surface area contributed by atoms with Gasteiger partial charge >= 0.3 is 0 Å². The van der Waals surface area contributed by atoms with Crippen molar-refractivity contribution in [2.75, 3.05) is 13.7 Å². The summed E-state index contributed by atoms with van der Waals surface area (Å²) in [4.78, 5) is 13.3. The first-order valence-electron chi connectivity index (χ1n) is 8.07. The molecule has 0 fully saturated rings. The molecule has 0 spiro atoms. The Morgan fingerprint density at radius 3 is 2.48 bits per heavy atom. The van der Waals surface area contributed by atoms with Crippen LogP contribution < -0.4 is 5.32 Å². The van der Waals surface area contributed by atoms with E-state index in [0.29, 0.717) is 18.9 Å². The second-order valence-electron chi connectivity index (χ2n) is 5.73. The van der Waals surface area contributed by atoms with Gasteiger partial charge in [-0.15, -0.1) is 11.3 Å². The second-order valence-corrected chi connectivity index (χ2v) is 6.71. The normalized spacial score (nSPS) is 13.5. The number of nitrogens with one attached hydrogen (secondary N) is 1. The summed E-state index contributed by atoms with van der Waals surface area (Å²) in [6, 6.07) is 12.6. The predicted octanol–water partition coefficient (Wildman–Crippen LogP) is 4.50. The minimum Gasteiger partial charge on any atom is -0.384 e. The van der Waals surface area contributed by atoms with Crippen molar-refractivity contribution in [1.29, 1.82) is 0 Å². The number of methoxy groups -OCH3 is 1. The third-order valence-electron chi connectivity index (χ3n) is 4.12. The molecule has 1 N–H and O–H groups in total. The van der Waals surface area contributed by atoms with Gasteiger partial charge in [0.15, 0.2) is 0 Å². The van der Waals surface area contributed by atoms with Crippen LogP contribution in [0.15, 0.2) is 41.8 Å². The van der Waals surface area contributed by atoms with Crippen molar-refractivity contribution < 1.29 is 9.53 Å². The van der Waals surface area contributed by atoms with E-state index in [2.05, 4.69) is 49.5 Å². The third kappa shape index (κ3) is 4.91. The molecule has 124 valence electrons. The summed E-state index contributed by atoms with van der Waals surface area (Å²) in [6.45, 7) is 4.87. The molecule has 0 aliphatic rings. The van der Waals surface area contributed by atoms with Crippen LogP contribution in [0, 0.1) is 0 Å². The Morgan fingerprint density at radius 2 is 1.91 bits per heavy atom. The average molecular weight is 331 g/mol. The van der Waals surface area contributed by atoms with E-state index < -0.39 is 0 Å². The third-order valence-corrected chi connectivity index (χ3v) is 5.05. The van der Waals surface area contributed by atoms with Crippen LogP contribution in [0.5, 0.6) is 0 Å². The minimum absolute atomic E-state index is 0.0104. The van der Waals surface area contributed by atoms with E-state index in [1.165, 1.54) is 5.56 Å². The van der Waals surface area contributed by atoms with Gasteiger partial charge in [0.1, 0.15) is 0 Å². The highest BCUT2D eigenvalue weighted by Gasteiger charge is 2.18. The van der Waals surface area contributed by atoms with Gasteiger partial charge in [-0.2, -0.15) is 0 Å². The van der Waals surface area contributed by atoms with Crippen LogP contribution in [0.4, 0.5) is 0 Å². The fraction of sp³-hybridized carbons (Fsp3) is 0.421. The molecule has 2 atom stereocenters. The summed E-state index contributed by atoms with van der Waals surface area (Å²) < 4.78 is 4.99. The van der Waals surface area contributed by atoms with E-state index in [4.69, 9.17) is 4.74 Å². The summed E-state index contributed by atoms with van der Waals surface area (Å²) in [5.74, 6) is 0.566. The van der Waals surface area contributed by atoms with Crippen molar-refractivity contribution in [3.05, 3.63) is 57.8 Å². The molecule has 0 saturated heterocycles. The van der Waals surface area contributed by atoms with E-state index in [1.807, 2.05) is 11.4 Å². The Labute approximate surface area is 142 Å². The summed E-state index contributed by atoms with van der Waals surface area (Å²) in [7, 11) is 1.61. The molecule has 1 amide bonds. The van der Waals surface area contributed by atoms with Gasteiger partial charge in [-0.25, -0.2) is 0 Å². The standard InChI is InChI=1S/C19H25NO2S/c1-4-14(2)15-7-9-16(10-8-15)19(17-6-5-13-23-17)20-18(21)11-12-22-3/h5-10,13-14,19H,4,11-12H2,1-3H3,(H,20,21). The lowest BCUT2D eigenvalue weighted by molar-refractivity contribution is -0.122. The smallest absolute Gasteiger partial charge is 0.223 e. The average Bonchev–Trinajstić information content (AvgIpc) is 3.11. The zero-order valence-electron chi connectivity index (χ0n) is 14.0. The highest BCUT2D eigenvalue weighted by Crippen LogP contribution is 2.28. The molecule has 0 saturated carbocycles. The molecule has 1 aromatic heterocycles. The summed E-state index contributed by atoms with van der Waals surface area (Å²) in [6.07, 6.45) is 1.50. The van der Waals surface area contributed by atoms with Gasteiger partial charge in [0.25, 0.3) is 0 Å². The molecule has 0 aliphatic carbocycles. The zero-order valence-corrected chi connectivity index (χ0v) is 14.9. The number of thiophene rings is 1. The van der Waals surface area contributed by atoms with Crippen LogP contribution in [0.25, 0.3) is 0 Å². The van der Waals surface area contributed by atoms with E-state index in [9.17, 15) is 4.79 Å². The van der Waals surface area contributed by atoms with Gasteiger partial charge in [-0.05, 0) is 34.9 Å². The van der Waals surface area contributed by atoms with Crippen LogP contribution in [0.2, 0.25) is 0 Å². The first-order valence-corrected chi connectivity index (χ1v) is 8.95. The molecule has 2 rings (SSSR count). The maximum Gasteiger partial charge on any atom is 0.223 e. The second kappa shape index (κ2) is 8.85. The summed E-state index contributed by atoms with van der Waals surface area (Å²) in [5, 5.41) is 5.16. The largest absolute Gasteiger partial charge is 0.384 e. The van der Waals surface area contributed by atoms with Crippen LogP contribution in [0.3, 0.4) is 0 Å². The molecule has 1 heterocycles. The molecule has 0 bridgehead atoms. The first-order chi connectivity index (χ1) is 11.2. The molecular formula is C19H25NO2S. The lowest BCUT2D eigenvalue weighted by atomic mass is 9.95. The van der Waals surface area contributed by atoms with Crippen LogP contribution >= 0.6 is 11.3 Å². The van der Waals surface area contributed by atoms with Crippen molar-refractivity contribution in [3.8, 4) is 0 Å². The number of benzene rings is 1. The fourth-order valence-electron chi connectivity index (χ4n) is 2.45. The molecule has 0 radical (unpaired) electrons. The minimum atomic E-state index is -0.0923. The van der Waals surface area contributed by atoms with Gasteiger partial charge in [0.2, 0.25) is 5.91 Å². The molecule has 2 aromatic rings. The maximum absolute atomic E-state index is 12.1. The lowest BCUT2D eigenvalue weighted by Gasteiger charge is -2.19. The molecule has 2 unspecified atom stereocenters. The highest BCUT2D eigenvalue weighted by atomic mass is 32.1. The summed E-state index contributed by atoms with van der Waals surface area (Å²) >= 11 is 1.66. The Bertz CT molecular complexity index is 592. The SMILES string of the molecule is CCC(C)c1ccc(C(NC(=O)CCOC)c2cccs2)cc1. The Hall–Kier alpha value is -1.65. The maximum atomic E-state index is 12.1. The van der Waals surface area contributed by atoms with Gasteiger partial charge in [-0.1, -0.05) is 44.2 Å². The molecule has 1 aromatic carbocycles. The van der Waals surface area contributed by atoms with Crippen LogP contribution in [0.1, 0.15) is 54.7 Å². The van der Waals surface area contributed by atoms with Crippen molar-refractivity contribution >= 4 is 17.2 Å². The monoisotopic (exact) mass is 331 g/mol. The van der Waals surface area contributed by atoms with Gasteiger partial charge in [0.05, 0.1) is 12.6 Å². The quantitative estimate of drug-likeness (QED) is 0.773. The molecular weight excluding hydrogens is 306 g/mol. The van der Waals surface area contributed by atoms with E-state index in [-0.39, 0.29) is 11.9 Å². The molecule has 23 heavy (non-hydrogen) atoms. The number of amides is 1. The lowest BCUT2D eigenvalue weighted by Crippen LogP contribution is -2.29. The highest BCUT2D eigenvalue weighted by molar-refractivity contribution is 7.10. The van der Waals surface area contributed by atoms with Crippen molar-refractivity contribution in [1.82, 2.24) is 5.32 Å². The van der Waals surface area contributed by atoms with Crippen LogP contribution in [-0.4, -0.2) is 19.6 Å². The van der Waals surface area contributed by atoms with Gasteiger partial charge in [-0.3, -0.25) is 4.79 Å². The van der Waals surface area contributed by atoms with Crippen molar-refractivity contribution in [3.63, 3.8) is 0 Å². The molecule has 0 aliphatic heterocycles. The van der Waals surface area contributed by atoms with Gasteiger partial charge in [0, 0.05) is 18.4 Å². The number of carbonyl (C=O) groups is 1.